The average Bonchev–Trinajstić information content (AvgIpc) is 2.22. The molecule has 2 N–H and O–H groups in total. The van der Waals surface area contributed by atoms with Crippen LogP contribution < -0.4 is 5.73 Å². The van der Waals surface area contributed by atoms with E-state index in [0.29, 0.717) is 0 Å². The lowest BCUT2D eigenvalue weighted by Crippen LogP contribution is -2.14. The molecule has 0 aromatic heterocycles. The van der Waals surface area contributed by atoms with Crippen LogP contribution in [0.5, 0.6) is 0 Å². The molecule has 0 radical (unpaired) electrons. The van der Waals surface area contributed by atoms with Gasteiger partial charge < -0.3 is 5.73 Å². The van der Waals surface area contributed by atoms with Gasteiger partial charge in [-0.1, -0.05) is 19.9 Å². The molecular weight excluding hydrogens is 165 g/mol. The number of halogens is 1. The third-order valence-electron chi connectivity index (χ3n) is 2.87. The molecule has 1 aromatic rings. The van der Waals surface area contributed by atoms with Crippen molar-refractivity contribution in [1.29, 1.82) is 0 Å². The van der Waals surface area contributed by atoms with E-state index >= 15 is 0 Å². The van der Waals surface area contributed by atoms with Crippen LogP contribution in [0.4, 0.5) is 4.39 Å². The van der Waals surface area contributed by atoms with Crippen LogP contribution in [0.2, 0.25) is 0 Å². The van der Waals surface area contributed by atoms with E-state index in [-0.39, 0.29) is 17.3 Å². The molecule has 1 aliphatic carbocycles. The average molecular weight is 179 g/mol. The molecule has 2 heteroatoms. The summed E-state index contributed by atoms with van der Waals surface area (Å²) in [5, 5.41) is 0. The Morgan fingerprint density at radius 2 is 2.15 bits per heavy atom. The van der Waals surface area contributed by atoms with E-state index in [1.54, 1.807) is 6.07 Å². The smallest absolute Gasteiger partial charge is 0.123 e. The maximum Gasteiger partial charge on any atom is 0.123 e. The predicted molar refractivity (Wildman–Crippen MR) is 51.0 cm³/mol. The van der Waals surface area contributed by atoms with Crippen LogP contribution in [-0.2, 0) is 5.41 Å². The van der Waals surface area contributed by atoms with E-state index in [0.717, 1.165) is 12.0 Å². The Kier molecular flexibility index (Phi) is 1.70. The molecule has 0 fully saturated rings. The quantitative estimate of drug-likeness (QED) is 0.650. The first-order valence-electron chi connectivity index (χ1n) is 4.56. The minimum absolute atomic E-state index is 0.000648. The van der Waals surface area contributed by atoms with Crippen molar-refractivity contribution in [1.82, 2.24) is 0 Å². The van der Waals surface area contributed by atoms with Gasteiger partial charge in [0.05, 0.1) is 0 Å². The predicted octanol–water partition coefficient (Wildman–Crippen LogP) is 2.51. The van der Waals surface area contributed by atoms with Crippen molar-refractivity contribution in [3.8, 4) is 0 Å². The molecule has 1 atom stereocenters. The molecule has 0 saturated carbocycles. The van der Waals surface area contributed by atoms with E-state index in [9.17, 15) is 4.39 Å². The summed E-state index contributed by atoms with van der Waals surface area (Å²) in [7, 11) is 0. The highest BCUT2D eigenvalue weighted by atomic mass is 19.1. The van der Waals surface area contributed by atoms with Crippen molar-refractivity contribution in [2.45, 2.75) is 31.7 Å². The Morgan fingerprint density at radius 3 is 2.85 bits per heavy atom. The van der Waals surface area contributed by atoms with Gasteiger partial charge >= 0.3 is 0 Å². The third kappa shape index (κ3) is 1.25. The zero-order valence-electron chi connectivity index (χ0n) is 7.97. The van der Waals surface area contributed by atoms with Crippen LogP contribution >= 0.6 is 0 Å². The Labute approximate surface area is 77.8 Å². The summed E-state index contributed by atoms with van der Waals surface area (Å²) in [4.78, 5) is 0. The lowest BCUT2D eigenvalue weighted by Gasteiger charge is -2.18. The molecule has 0 aliphatic heterocycles. The Balaban J connectivity index is 2.59. The second-order valence-electron chi connectivity index (χ2n) is 4.43. The number of benzene rings is 1. The van der Waals surface area contributed by atoms with Gasteiger partial charge in [0, 0.05) is 6.04 Å². The van der Waals surface area contributed by atoms with E-state index in [1.807, 2.05) is 6.07 Å². The molecule has 1 aromatic carbocycles. The molecule has 0 heterocycles. The van der Waals surface area contributed by atoms with Crippen molar-refractivity contribution >= 4 is 0 Å². The van der Waals surface area contributed by atoms with Gasteiger partial charge in [-0.2, -0.15) is 0 Å². The van der Waals surface area contributed by atoms with Crippen molar-refractivity contribution in [3.63, 3.8) is 0 Å². The zero-order valence-corrected chi connectivity index (χ0v) is 7.97. The number of rotatable bonds is 0. The van der Waals surface area contributed by atoms with Gasteiger partial charge in [-0.3, -0.25) is 0 Å². The number of hydrogen-bond acceptors (Lipinski definition) is 1. The van der Waals surface area contributed by atoms with Crippen LogP contribution in [0, 0.1) is 5.82 Å². The first-order chi connectivity index (χ1) is 6.00. The highest BCUT2D eigenvalue weighted by molar-refractivity contribution is 5.41. The summed E-state index contributed by atoms with van der Waals surface area (Å²) < 4.78 is 12.9. The van der Waals surface area contributed by atoms with Gasteiger partial charge in [0.25, 0.3) is 0 Å². The van der Waals surface area contributed by atoms with Gasteiger partial charge in [0.15, 0.2) is 0 Å². The van der Waals surface area contributed by atoms with E-state index < -0.39 is 0 Å². The van der Waals surface area contributed by atoms with E-state index in [4.69, 9.17) is 5.73 Å². The minimum atomic E-state index is -0.188. The largest absolute Gasteiger partial charge is 0.324 e. The summed E-state index contributed by atoms with van der Waals surface area (Å²) in [6.45, 7) is 4.30. The maximum absolute atomic E-state index is 12.9. The lowest BCUT2D eigenvalue weighted by atomic mass is 9.86. The molecule has 0 spiro atoms. The van der Waals surface area contributed by atoms with Gasteiger partial charge in [-0.05, 0) is 35.1 Å². The fraction of sp³-hybridized carbons (Fsp3) is 0.455. The number of hydrogen-bond donors (Lipinski definition) is 1. The molecule has 0 bridgehead atoms. The van der Waals surface area contributed by atoms with Crippen LogP contribution in [0.25, 0.3) is 0 Å². The van der Waals surface area contributed by atoms with Crippen molar-refractivity contribution < 1.29 is 4.39 Å². The Hall–Kier alpha value is -0.890. The summed E-state index contributed by atoms with van der Waals surface area (Å²) in [6, 6.07) is 4.94. The van der Waals surface area contributed by atoms with Crippen molar-refractivity contribution in [2.75, 3.05) is 0 Å². The zero-order chi connectivity index (χ0) is 9.64. The summed E-state index contributed by atoms with van der Waals surface area (Å²) >= 11 is 0. The molecule has 1 nitrogen and oxygen atoms in total. The molecule has 0 unspecified atom stereocenters. The molecule has 0 saturated heterocycles. The molecular formula is C11H14FN. The van der Waals surface area contributed by atoms with E-state index in [2.05, 4.69) is 13.8 Å². The SMILES string of the molecule is CC1(C)C[C@H](N)c2cc(F)ccc21. The van der Waals surface area contributed by atoms with Gasteiger partial charge in [-0.15, -0.1) is 0 Å². The monoisotopic (exact) mass is 179 g/mol. The lowest BCUT2D eigenvalue weighted by molar-refractivity contribution is 0.481. The van der Waals surface area contributed by atoms with E-state index in [1.165, 1.54) is 11.6 Å². The normalized spacial score (nSPS) is 24.5. The van der Waals surface area contributed by atoms with Gasteiger partial charge in [0.1, 0.15) is 5.82 Å². The highest BCUT2D eigenvalue weighted by Gasteiger charge is 2.34. The molecule has 1 aliphatic rings. The van der Waals surface area contributed by atoms with Crippen LogP contribution in [0.1, 0.15) is 37.4 Å². The summed E-state index contributed by atoms with van der Waals surface area (Å²) in [5.74, 6) is -0.188. The number of nitrogens with two attached hydrogens (primary N) is 1. The topological polar surface area (TPSA) is 26.0 Å². The van der Waals surface area contributed by atoms with Crippen LogP contribution in [0.15, 0.2) is 18.2 Å². The second-order valence-corrected chi connectivity index (χ2v) is 4.43. The molecule has 70 valence electrons. The van der Waals surface area contributed by atoms with Crippen molar-refractivity contribution in [2.24, 2.45) is 5.73 Å². The fourth-order valence-corrected chi connectivity index (χ4v) is 2.23. The summed E-state index contributed by atoms with van der Waals surface area (Å²) in [6.07, 6.45) is 0.909. The molecule has 2 rings (SSSR count). The maximum atomic E-state index is 12.9. The molecule has 0 amide bonds. The Bertz CT molecular complexity index is 344. The second kappa shape index (κ2) is 2.55. The number of fused-ring (bicyclic) bond motifs is 1. The fourth-order valence-electron chi connectivity index (χ4n) is 2.23. The standard InChI is InChI=1S/C11H14FN/c1-11(2)6-10(13)8-5-7(12)3-4-9(8)11/h3-5,10H,6,13H2,1-2H3/t10-/m0/s1. The van der Waals surface area contributed by atoms with Crippen LogP contribution in [-0.4, -0.2) is 0 Å². The third-order valence-corrected chi connectivity index (χ3v) is 2.87. The van der Waals surface area contributed by atoms with Gasteiger partial charge in [-0.25, -0.2) is 4.39 Å². The summed E-state index contributed by atoms with van der Waals surface area (Å²) in [5.41, 5.74) is 8.20. The van der Waals surface area contributed by atoms with Crippen molar-refractivity contribution in [3.05, 3.63) is 35.1 Å². The first-order valence-corrected chi connectivity index (χ1v) is 4.56. The molecule has 13 heavy (non-hydrogen) atoms. The Morgan fingerprint density at radius 1 is 1.46 bits per heavy atom. The van der Waals surface area contributed by atoms with Crippen LogP contribution in [0.3, 0.4) is 0 Å². The van der Waals surface area contributed by atoms with Gasteiger partial charge in [0.2, 0.25) is 0 Å². The minimum Gasteiger partial charge on any atom is -0.324 e. The first kappa shape index (κ1) is 8.70. The highest BCUT2D eigenvalue weighted by Crippen LogP contribution is 2.43.